The number of aromatic amines is 1. The summed E-state index contributed by atoms with van der Waals surface area (Å²) in [5.41, 5.74) is -0.295. The lowest BCUT2D eigenvalue weighted by Crippen LogP contribution is -2.40. The molecule has 1 saturated heterocycles. The quantitative estimate of drug-likeness (QED) is 0.261. The lowest BCUT2D eigenvalue weighted by molar-refractivity contribution is -0.0532. The first-order valence-corrected chi connectivity index (χ1v) is 13.1. The number of hydrogen-bond acceptors (Lipinski definition) is 8. The number of H-pyrrole nitrogens is 1. The Hall–Kier alpha value is -1.30. The molecule has 3 aliphatic heterocycles. The minimum atomic E-state index is -4.46. The molecule has 3 rings (SSSR count). The summed E-state index contributed by atoms with van der Waals surface area (Å²) in [6.07, 6.45) is -4.66. The van der Waals surface area contributed by atoms with Gasteiger partial charge in [0, 0.05) is 17.7 Å². The van der Waals surface area contributed by atoms with Crippen molar-refractivity contribution >= 4 is 19.8 Å². The predicted octanol–water partition coefficient (Wildman–Crippen LogP) is 3.73. The molecule has 3 aliphatic rings. The van der Waals surface area contributed by atoms with Crippen molar-refractivity contribution in [3.63, 3.8) is 0 Å². The second kappa shape index (κ2) is 9.63. The third-order valence-corrected chi connectivity index (χ3v) is 9.15. The Labute approximate surface area is 202 Å². The molecule has 0 aromatic heterocycles. The maximum Gasteiger partial charge on any atom is 0.359 e. The van der Waals surface area contributed by atoms with Crippen molar-refractivity contribution in [1.29, 1.82) is 0 Å². The second-order valence-electron chi connectivity index (χ2n) is 9.35. The van der Waals surface area contributed by atoms with Gasteiger partial charge in [0.25, 0.3) is 0 Å². The first-order chi connectivity index (χ1) is 15.6. The van der Waals surface area contributed by atoms with Gasteiger partial charge in [0.05, 0.1) is 17.3 Å². The third kappa shape index (κ3) is 5.12. The van der Waals surface area contributed by atoms with Crippen molar-refractivity contribution in [2.75, 3.05) is 0 Å². The van der Waals surface area contributed by atoms with E-state index in [0.29, 0.717) is 5.69 Å². The highest BCUT2D eigenvalue weighted by molar-refractivity contribution is 7.71. The van der Waals surface area contributed by atoms with Crippen molar-refractivity contribution in [2.45, 2.75) is 89.2 Å². The molecule has 0 aromatic carbocycles. The first kappa shape index (κ1) is 27.3. The van der Waals surface area contributed by atoms with Crippen LogP contribution in [0.2, 0.25) is 0 Å². The van der Waals surface area contributed by atoms with Crippen molar-refractivity contribution in [2.24, 2.45) is 0 Å². The molecule has 0 aromatic rings. The molecule has 4 unspecified atom stereocenters. The molecule has 1 fully saturated rings. The largest absolute Gasteiger partial charge is 0.388 e. The number of aryl methyl sites for hydroxylation is 1. The number of aromatic nitrogens is 2. The lowest BCUT2D eigenvalue weighted by atomic mass is 9.92. The van der Waals surface area contributed by atoms with E-state index in [2.05, 4.69) is 9.97 Å². The van der Waals surface area contributed by atoms with Crippen LogP contribution < -0.4 is 0 Å². The first-order valence-electron chi connectivity index (χ1n) is 11.1. The molecule has 0 saturated carbocycles. The van der Waals surface area contributed by atoms with E-state index in [-0.39, 0.29) is 40.9 Å². The summed E-state index contributed by atoms with van der Waals surface area (Å²) in [7, 11) is -4.46. The standard InChI is InChI=1S/C22H32FN2O7PS/c1-6-21(4,32-33(29,30)22(5,28)7-2)10-15-16(26)17(27)18(31-15)13-9-12-14(23)8-11(3)24-19(12)25-20(13)34/h8-9,15-18,26-28H,6-7,10H2,1-5H3,(H,29,30)(H,24,25,34)/t15-,16?,17+,18+,21?,22?/m1/s1. The van der Waals surface area contributed by atoms with Crippen LogP contribution in [-0.4, -0.2) is 59.4 Å². The topological polar surface area (TPSA) is 145 Å². The summed E-state index contributed by atoms with van der Waals surface area (Å²) >= 11 is 5.34. The molecular formula is C22H32FN2O7PS. The van der Waals surface area contributed by atoms with Gasteiger partial charge in [-0.25, -0.2) is 9.37 Å². The minimum Gasteiger partial charge on any atom is -0.388 e. The van der Waals surface area contributed by atoms with E-state index >= 15 is 0 Å². The summed E-state index contributed by atoms with van der Waals surface area (Å²) in [6, 6.07) is 2.75. The van der Waals surface area contributed by atoms with Crippen molar-refractivity contribution in [3.05, 3.63) is 33.8 Å². The van der Waals surface area contributed by atoms with Crippen LogP contribution in [0.1, 0.15) is 64.3 Å². The van der Waals surface area contributed by atoms with E-state index in [1.807, 2.05) is 0 Å². The Morgan fingerprint density at radius 2 is 1.91 bits per heavy atom. The molecule has 0 amide bonds. The summed E-state index contributed by atoms with van der Waals surface area (Å²) in [4.78, 5) is 17.5. The Morgan fingerprint density at radius 1 is 1.26 bits per heavy atom. The van der Waals surface area contributed by atoms with Crippen molar-refractivity contribution in [3.8, 4) is 11.4 Å². The van der Waals surface area contributed by atoms with Crippen LogP contribution in [0, 0.1) is 17.4 Å². The molecule has 0 aliphatic carbocycles. The molecule has 190 valence electrons. The van der Waals surface area contributed by atoms with Gasteiger partial charge in [0.15, 0.2) is 5.34 Å². The summed E-state index contributed by atoms with van der Waals surface area (Å²) in [5.74, 6) is -0.266. The average molecular weight is 519 g/mol. The van der Waals surface area contributed by atoms with Crippen LogP contribution >= 0.6 is 19.8 Å². The Bertz CT molecular complexity index is 1130. The molecule has 34 heavy (non-hydrogen) atoms. The minimum absolute atomic E-state index is 0.00595. The van der Waals surface area contributed by atoms with Gasteiger partial charge in [-0.3, -0.25) is 4.57 Å². The smallest absolute Gasteiger partial charge is 0.359 e. The molecule has 12 heteroatoms. The SMILES string of the molecule is CCC(C)(C[C@H]1O[C@@H](c2cc3c(F)cc(C)[nH]c-3nc2=S)[C@@H](O)C1O)OP(=O)(O)C(C)(O)CC. The van der Waals surface area contributed by atoms with Crippen LogP contribution in [-0.2, 0) is 13.8 Å². The number of aliphatic hydroxyl groups excluding tert-OH is 2. The fourth-order valence-electron chi connectivity index (χ4n) is 3.93. The second-order valence-corrected chi connectivity index (χ2v) is 11.9. The number of rotatable bonds is 8. The van der Waals surface area contributed by atoms with E-state index in [1.54, 1.807) is 27.7 Å². The number of halogens is 1. The van der Waals surface area contributed by atoms with Crippen LogP contribution in [0.4, 0.5) is 4.39 Å². The van der Waals surface area contributed by atoms with Gasteiger partial charge in [-0.05, 0) is 45.7 Å². The molecule has 5 N–H and O–H groups in total. The molecule has 7 atom stereocenters. The normalized spacial score (nSPS) is 28.4. The molecule has 0 spiro atoms. The zero-order chi connectivity index (χ0) is 25.6. The summed E-state index contributed by atoms with van der Waals surface area (Å²) in [5, 5.41) is 29.8. The van der Waals surface area contributed by atoms with Gasteiger partial charge in [0.2, 0.25) is 0 Å². The third-order valence-electron chi connectivity index (χ3n) is 6.60. The number of hydrogen-bond donors (Lipinski definition) is 5. The zero-order valence-corrected chi connectivity index (χ0v) is 21.5. The fraction of sp³-hybridized carbons (Fsp3) is 0.636. The molecular weight excluding hydrogens is 486 g/mol. The van der Waals surface area contributed by atoms with Crippen molar-refractivity contribution in [1.82, 2.24) is 9.97 Å². The van der Waals surface area contributed by atoms with Crippen molar-refractivity contribution < 1.29 is 38.4 Å². The fourth-order valence-corrected chi connectivity index (χ4v) is 5.59. The van der Waals surface area contributed by atoms with E-state index in [4.69, 9.17) is 21.5 Å². The number of ether oxygens (including phenoxy) is 1. The van der Waals surface area contributed by atoms with Crippen LogP contribution in [0.3, 0.4) is 0 Å². The highest BCUT2D eigenvalue weighted by atomic mass is 32.1. The molecule has 0 bridgehead atoms. The van der Waals surface area contributed by atoms with Gasteiger partial charge in [-0.15, -0.1) is 0 Å². The number of fused-ring (bicyclic) bond motifs is 1. The lowest BCUT2D eigenvalue weighted by Gasteiger charge is -2.37. The monoisotopic (exact) mass is 518 g/mol. The van der Waals surface area contributed by atoms with Gasteiger partial charge >= 0.3 is 7.60 Å². The highest BCUT2D eigenvalue weighted by Gasteiger charge is 2.50. The average Bonchev–Trinajstić information content (AvgIpc) is 3.00. The number of pyridine rings is 2. The summed E-state index contributed by atoms with van der Waals surface area (Å²) < 4.78 is 38.8. The maximum atomic E-state index is 14.5. The van der Waals surface area contributed by atoms with E-state index in [0.717, 1.165) is 0 Å². The van der Waals surface area contributed by atoms with E-state index < -0.39 is 48.8 Å². The maximum absolute atomic E-state index is 14.5. The van der Waals surface area contributed by atoms with Crippen LogP contribution in [0.15, 0.2) is 12.1 Å². The Kier molecular flexibility index (Phi) is 7.73. The van der Waals surface area contributed by atoms with Gasteiger partial charge in [-0.1, -0.05) is 26.1 Å². The molecule has 9 nitrogen and oxygen atoms in total. The number of aliphatic hydroxyl groups is 3. The molecule has 3 heterocycles. The zero-order valence-electron chi connectivity index (χ0n) is 19.8. The van der Waals surface area contributed by atoms with Crippen LogP contribution in [0.25, 0.3) is 11.4 Å². The number of nitrogens with one attached hydrogen (secondary N) is 1. The summed E-state index contributed by atoms with van der Waals surface area (Å²) in [6.45, 7) is 7.77. The highest BCUT2D eigenvalue weighted by Crippen LogP contribution is 2.59. The van der Waals surface area contributed by atoms with E-state index in [9.17, 15) is 29.2 Å². The number of nitrogens with zero attached hydrogens (tertiary/aromatic N) is 1. The van der Waals surface area contributed by atoms with Gasteiger partial charge in [0.1, 0.15) is 34.6 Å². The van der Waals surface area contributed by atoms with Gasteiger partial charge < -0.3 is 34.5 Å². The van der Waals surface area contributed by atoms with Gasteiger partial charge in [-0.2, -0.15) is 0 Å². The Morgan fingerprint density at radius 3 is 2.50 bits per heavy atom. The predicted molar refractivity (Wildman–Crippen MR) is 126 cm³/mol. The molecule has 0 radical (unpaired) electrons. The van der Waals surface area contributed by atoms with Crippen LogP contribution in [0.5, 0.6) is 0 Å². The Balaban J connectivity index is 1.89. The van der Waals surface area contributed by atoms with E-state index in [1.165, 1.54) is 19.1 Å².